The van der Waals surface area contributed by atoms with Crippen LogP contribution < -0.4 is 10.6 Å². The minimum absolute atomic E-state index is 0.0153. The fraction of sp³-hybridized carbons (Fsp3) is 0.333. The first-order valence-corrected chi connectivity index (χ1v) is 9.19. The van der Waals surface area contributed by atoms with Gasteiger partial charge in [-0.3, -0.25) is 14.5 Å². The highest BCUT2D eigenvalue weighted by molar-refractivity contribution is 6.04. The van der Waals surface area contributed by atoms with Crippen molar-refractivity contribution in [1.82, 2.24) is 4.90 Å². The number of nitrogens with zero attached hydrogens (tertiary/aromatic N) is 1. The van der Waals surface area contributed by atoms with E-state index in [1.165, 1.54) is 12.8 Å². The molecule has 0 aliphatic carbocycles. The summed E-state index contributed by atoms with van der Waals surface area (Å²) in [4.78, 5) is 26.8. The zero-order valence-electron chi connectivity index (χ0n) is 14.9. The van der Waals surface area contributed by atoms with E-state index in [-0.39, 0.29) is 11.8 Å². The first-order chi connectivity index (χ1) is 12.7. The van der Waals surface area contributed by atoms with Crippen LogP contribution in [0.4, 0.5) is 11.4 Å². The molecule has 0 atom stereocenters. The molecule has 5 nitrogen and oxygen atoms in total. The molecular formula is C21H25N3O2. The van der Waals surface area contributed by atoms with E-state index in [4.69, 9.17) is 0 Å². The van der Waals surface area contributed by atoms with Crippen LogP contribution in [-0.4, -0.2) is 36.3 Å². The Balaban J connectivity index is 1.56. The van der Waals surface area contributed by atoms with Gasteiger partial charge < -0.3 is 10.6 Å². The molecule has 0 saturated carbocycles. The van der Waals surface area contributed by atoms with Gasteiger partial charge in [-0.05, 0) is 56.3 Å². The lowest BCUT2D eigenvalue weighted by Gasteiger charge is -2.19. The number of rotatable bonds is 5. The highest BCUT2D eigenvalue weighted by atomic mass is 16.2. The molecule has 1 aliphatic rings. The van der Waals surface area contributed by atoms with Gasteiger partial charge in [-0.1, -0.05) is 37.1 Å². The predicted molar refractivity (Wildman–Crippen MR) is 104 cm³/mol. The number of carbonyl (C=O) groups excluding carboxylic acids is 2. The zero-order chi connectivity index (χ0) is 18.2. The molecule has 1 saturated heterocycles. The average Bonchev–Trinajstić information content (AvgIpc) is 2.91. The Kier molecular flexibility index (Phi) is 6.39. The number of hydrogen-bond donors (Lipinski definition) is 2. The number of hydrogen-bond acceptors (Lipinski definition) is 3. The van der Waals surface area contributed by atoms with Crippen LogP contribution in [0.5, 0.6) is 0 Å². The molecule has 1 aliphatic heterocycles. The molecule has 3 rings (SSSR count). The Labute approximate surface area is 154 Å². The van der Waals surface area contributed by atoms with Crippen LogP contribution in [0.1, 0.15) is 36.0 Å². The molecule has 2 aromatic carbocycles. The summed E-state index contributed by atoms with van der Waals surface area (Å²) in [6.45, 7) is 2.39. The molecule has 26 heavy (non-hydrogen) atoms. The third kappa shape index (κ3) is 5.43. The van der Waals surface area contributed by atoms with Gasteiger partial charge in [0.25, 0.3) is 5.91 Å². The predicted octanol–water partition coefficient (Wildman–Crippen LogP) is 3.75. The minimum atomic E-state index is -0.168. The zero-order valence-corrected chi connectivity index (χ0v) is 14.9. The molecule has 2 N–H and O–H groups in total. The van der Waals surface area contributed by atoms with Gasteiger partial charge in [-0.25, -0.2) is 0 Å². The van der Waals surface area contributed by atoms with Crippen LogP contribution in [0.3, 0.4) is 0 Å². The van der Waals surface area contributed by atoms with E-state index in [1.54, 1.807) is 18.2 Å². The van der Waals surface area contributed by atoms with Crippen molar-refractivity contribution >= 4 is 23.2 Å². The van der Waals surface area contributed by atoms with Crippen molar-refractivity contribution in [2.75, 3.05) is 30.3 Å². The van der Waals surface area contributed by atoms with E-state index in [2.05, 4.69) is 15.5 Å². The van der Waals surface area contributed by atoms with E-state index in [9.17, 15) is 9.59 Å². The molecule has 1 fully saturated rings. The molecule has 5 heteroatoms. The van der Waals surface area contributed by atoms with Gasteiger partial charge >= 0.3 is 0 Å². The van der Waals surface area contributed by atoms with Crippen molar-refractivity contribution in [3.8, 4) is 0 Å². The maximum absolute atomic E-state index is 12.3. The second-order valence-corrected chi connectivity index (χ2v) is 6.64. The first-order valence-electron chi connectivity index (χ1n) is 9.19. The topological polar surface area (TPSA) is 61.4 Å². The summed E-state index contributed by atoms with van der Waals surface area (Å²) in [6, 6.07) is 16.3. The van der Waals surface area contributed by atoms with Crippen LogP contribution in [0.25, 0.3) is 0 Å². The van der Waals surface area contributed by atoms with Crippen molar-refractivity contribution in [1.29, 1.82) is 0 Å². The Bertz CT molecular complexity index is 738. The van der Waals surface area contributed by atoms with Gasteiger partial charge in [-0.15, -0.1) is 0 Å². The van der Waals surface area contributed by atoms with Gasteiger partial charge in [0.1, 0.15) is 0 Å². The summed E-state index contributed by atoms with van der Waals surface area (Å²) >= 11 is 0. The van der Waals surface area contributed by atoms with Crippen LogP contribution in [0.15, 0.2) is 54.6 Å². The molecule has 2 amide bonds. The van der Waals surface area contributed by atoms with Crippen LogP contribution in [0.2, 0.25) is 0 Å². The van der Waals surface area contributed by atoms with E-state index in [1.807, 2.05) is 36.4 Å². The maximum Gasteiger partial charge on any atom is 0.255 e. The van der Waals surface area contributed by atoms with Gasteiger partial charge in [-0.2, -0.15) is 0 Å². The van der Waals surface area contributed by atoms with E-state index in [0.717, 1.165) is 25.9 Å². The lowest BCUT2D eigenvalue weighted by molar-refractivity contribution is -0.117. The van der Waals surface area contributed by atoms with Crippen molar-refractivity contribution in [3.05, 3.63) is 60.2 Å². The lowest BCUT2D eigenvalue weighted by atomic mass is 10.2. The normalized spacial score (nSPS) is 15.1. The monoisotopic (exact) mass is 351 g/mol. The quantitative estimate of drug-likeness (QED) is 0.862. The number of amides is 2. The summed E-state index contributed by atoms with van der Waals surface area (Å²) in [5, 5.41) is 5.79. The minimum Gasteiger partial charge on any atom is -0.325 e. The summed E-state index contributed by atoms with van der Waals surface area (Å²) in [7, 11) is 0. The molecule has 0 bridgehead atoms. The highest BCUT2D eigenvalue weighted by Crippen LogP contribution is 2.16. The lowest BCUT2D eigenvalue weighted by Crippen LogP contribution is -2.33. The van der Waals surface area contributed by atoms with Crippen molar-refractivity contribution in [3.63, 3.8) is 0 Å². The Hall–Kier alpha value is -2.66. The first kappa shape index (κ1) is 18.1. The van der Waals surface area contributed by atoms with Gasteiger partial charge in [0.05, 0.1) is 6.54 Å². The Morgan fingerprint density at radius 1 is 0.808 bits per heavy atom. The summed E-state index contributed by atoms with van der Waals surface area (Å²) in [6.07, 6.45) is 4.82. The summed E-state index contributed by atoms with van der Waals surface area (Å²) < 4.78 is 0. The number of nitrogens with one attached hydrogen (secondary N) is 2. The van der Waals surface area contributed by atoms with Crippen molar-refractivity contribution in [2.24, 2.45) is 0 Å². The molecular weight excluding hydrogens is 326 g/mol. The molecule has 0 unspecified atom stereocenters. The maximum atomic E-state index is 12.3. The third-order valence-corrected chi connectivity index (χ3v) is 4.51. The molecule has 0 spiro atoms. The standard InChI is InChI=1S/C21H25N3O2/c25-20(16-24-13-6-1-2-7-14-24)22-18-11-8-12-19(15-18)23-21(26)17-9-4-3-5-10-17/h3-5,8-12,15H,1-2,6-7,13-14,16H2,(H,22,25)(H,23,26). The Morgan fingerprint density at radius 2 is 1.46 bits per heavy atom. The molecule has 1 heterocycles. The SMILES string of the molecule is O=C(CN1CCCCCC1)Nc1cccc(NC(=O)c2ccccc2)c1. The summed E-state index contributed by atoms with van der Waals surface area (Å²) in [5.41, 5.74) is 1.95. The number of benzene rings is 2. The fourth-order valence-corrected chi connectivity index (χ4v) is 3.17. The molecule has 0 radical (unpaired) electrons. The molecule has 136 valence electrons. The molecule has 0 aromatic heterocycles. The summed E-state index contributed by atoms with van der Waals surface area (Å²) in [5.74, 6) is -0.183. The third-order valence-electron chi connectivity index (χ3n) is 4.51. The van der Waals surface area contributed by atoms with E-state index >= 15 is 0 Å². The number of carbonyl (C=O) groups is 2. The number of likely N-dealkylation sites (tertiary alicyclic amines) is 1. The second kappa shape index (κ2) is 9.15. The van der Waals surface area contributed by atoms with Crippen molar-refractivity contribution < 1.29 is 9.59 Å². The van der Waals surface area contributed by atoms with Crippen LogP contribution in [-0.2, 0) is 4.79 Å². The van der Waals surface area contributed by atoms with Gasteiger partial charge in [0.2, 0.25) is 5.91 Å². The highest BCUT2D eigenvalue weighted by Gasteiger charge is 2.13. The second-order valence-electron chi connectivity index (χ2n) is 6.64. The smallest absolute Gasteiger partial charge is 0.255 e. The largest absolute Gasteiger partial charge is 0.325 e. The van der Waals surface area contributed by atoms with Gasteiger partial charge in [0.15, 0.2) is 0 Å². The van der Waals surface area contributed by atoms with Crippen LogP contribution in [0, 0.1) is 0 Å². The van der Waals surface area contributed by atoms with E-state index < -0.39 is 0 Å². The Morgan fingerprint density at radius 3 is 2.15 bits per heavy atom. The molecule has 2 aromatic rings. The van der Waals surface area contributed by atoms with Gasteiger partial charge in [0, 0.05) is 16.9 Å². The van der Waals surface area contributed by atoms with E-state index in [0.29, 0.717) is 23.5 Å². The fourth-order valence-electron chi connectivity index (χ4n) is 3.17. The van der Waals surface area contributed by atoms with Crippen LogP contribution >= 0.6 is 0 Å². The average molecular weight is 351 g/mol. The van der Waals surface area contributed by atoms with Crippen molar-refractivity contribution in [2.45, 2.75) is 25.7 Å². The number of anilines is 2.